The van der Waals surface area contributed by atoms with Gasteiger partial charge in [-0.25, -0.2) is 9.78 Å². The molecule has 0 bridgehead atoms. The summed E-state index contributed by atoms with van der Waals surface area (Å²) in [6, 6.07) is 11.3. The molecule has 4 rings (SSSR count). The van der Waals surface area contributed by atoms with Gasteiger partial charge in [-0.2, -0.15) is 0 Å². The minimum atomic E-state index is -0.792. The van der Waals surface area contributed by atoms with E-state index in [2.05, 4.69) is 4.98 Å². The van der Waals surface area contributed by atoms with E-state index in [9.17, 15) is 19.2 Å². The number of pyridine rings is 1. The molecular formula is C25H19NO8. The molecule has 0 aliphatic heterocycles. The van der Waals surface area contributed by atoms with Gasteiger partial charge in [0, 0.05) is 30.9 Å². The van der Waals surface area contributed by atoms with E-state index in [0.717, 1.165) is 0 Å². The molecule has 2 heterocycles. The molecule has 0 unspecified atom stereocenters. The van der Waals surface area contributed by atoms with Crippen LogP contribution >= 0.6 is 0 Å². The third kappa shape index (κ3) is 3.99. The van der Waals surface area contributed by atoms with Crippen LogP contribution < -0.4 is 9.47 Å². The Labute approximate surface area is 193 Å². The van der Waals surface area contributed by atoms with Gasteiger partial charge in [0.2, 0.25) is 0 Å². The first kappa shape index (κ1) is 22.7. The number of benzene rings is 2. The van der Waals surface area contributed by atoms with Gasteiger partial charge in [0.15, 0.2) is 17.2 Å². The number of carbonyl (C=O) groups is 4. The van der Waals surface area contributed by atoms with E-state index in [1.807, 2.05) is 0 Å². The zero-order valence-corrected chi connectivity index (χ0v) is 18.8. The number of furan rings is 1. The molecule has 0 radical (unpaired) electrons. The van der Waals surface area contributed by atoms with Crippen molar-refractivity contribution >= 4 is 45.6 Å². The highest BCUT2D eigenvalue weighted by Gasteiger charge is 2.27. The molecule has 0 aliphatic carbocycles. The fourth-order valence-corrected chi connectivity index (χ4v) is 3.70. The Morgan fingerprint density at radius 3 is 2.18 bits per heavy atom. The van der Waals surface area contributed by atoms with Gasteiger partial charge in [-0.3, -0.25) is 14.4 Å². The van der Waals surface area contributed by atoms with Gasteiger partial charge in [-0.1, -0.05) is 30.3 Å². The molecular weight excluding hydrogens is 442 g/mol. The van der Waals surface area contributed by atoms with Crippen molar-refractivity contribution in [2.24, 2.45) is 0 Å². The van der Waals surface area contributed by atoms with Crippen LogP contribution in [0.25, 0.3) is 21.9 Å². The van der Waals surface area contributed by atoms with Crippen molar-refractivity contribution < 1.29 is 37.8 Å². The van der Waals surface area contributed by atoms with Gasteiger partial charge in [-0.15, -0.1) is 0 Å². The van der Waals surface area contributed by atoms with Gasteiger partial charge in [-0.05, 0) is 13.0 Å². The Kier molecular flexibility index (Phi) is 5.85. The Balaban J connectivity index is 2.13. The fourth-order valence-electron chi connectivity index (χ4n) is 3.70. The molecule has 0 fully saturated rings. The minimum Gasteiger partial charge on any atom is -0.464 e. The summed E-state index contributed by atoms with van der Waals surface area (Å²) in [5, 5.41) is 0.489. The lowest BCUT2D eigenvalue weighted by Gasteiger charge is -2.12. The lowest BCUT2D eigenvalue weighted by Crippen LogP contribution is -2.10. The highest BCUT2D eigenvalue weighted by atomic mass is 16.5. The summed E-state index contributed by atoms with van der Waals surface area (Å²) in [7, 11) is 1.17. The second-order valence-electron chi connectivity index (χ2n) is 7.39. The number of aromatic nitrogens is 1. The topological polar surface area (TPSA) is 122 Å². The van der Waals surface area contributed by atoms with Crippen LogP contribution in [0.5, 0.6) is 11.5 Å². The van der Waals surface area contributed by atoms with E-state index in [-0.39, 0.29) is 45.0 Å². The summed E-state index contributed by atoms with van der Waals surface area (Å²) >= 11 is 0. The molecule has 172 valence electrons. The quantitative estimate of drug-likeness (QED) is 0.245. The van der Waals surface area contributed by atoms with Gasteiger partial charge < -0.3 is 18.6 Å². The average Bonchev–Trinajstić information content (AvgIpc) is 3.13. The van der Waals surface area contributed by atoms with Gasteiger partial charge in [0.1, 0.15) is 22.6 Å². The summed E-state index contributed by atoms with van der Waals surface area (Å²) in [6.07, 6.45) is 0. The summed E-state index contributed by atoms with van der Waals surface area (Å²) in [5.74, 6) is -2.23. The number of ketones is 1. The molecule has 0 aliphatic rings. The first-order valence-corrected chi connectivity index (χ1v) is 10.2. The summed E-state index contributed by atoms with van der Waals surface area (Å²) < 4.78 is 21.4. The maximum absolute atomic E-state index is 13.3. The van der Waals surface area contributed by atoms with E-state index in [0.29, 0.717) is 16.7 Å². The predicted molar refractivity (Wildman–Crippen MR) is 120 cm³/mol. The van der Waals surface area contributed by atoms with Crippen LogP contribution in [0.1, 0.15) is 46.0 Å². The van der Waals surface area contributed by atoms with E-state index in [4.69, 9.17) is 18.6 Å². The Hall–Kier alpha value is -4.53. The van der Waals surface area contributed by atoms with Crippen LogP contribution in [-0.4, -0.2) is 35.8 Å². The number of hydrogen-bond acceptors (Lipinski definition) is 9. The second-order valence-corrected chi connectivity index (χ2v) is 7.39. The SMILES string of the molecule is COC(=O)c1cc(OC(C)=O)c2c(n1)c(OC(C)=O)cc1c(C(=O)c3ccccc3)c(C)oc12. The zero-order valence-electron chi connectivity index (χ0n) is 18.8. The lowest BCUT2D eigenvalue weighted by atomic mass is 9.99. The Bertz CT molecular complexity index is 1480. The maximum Gasteiger partial charge on any atom is 0.356 e. The molecule has 0 saturated carbocycles. The summed E-state index contributed by atoms with van der Waals surface area (Å²) in [5.41, 5.74) is 0.712. The number of ether oxygens (including phenoxy) is 3. The first-order chi connectivity index (χ1) is 16.2. The molecule has 0 atom stereocenters. The molecule has 0 spiro atoms. The number of hydrogen-bond donors (Lipinski definition) is 0. The van der Waals surface area contributed by atoms with E-state index in [1.165, 1.54) is 33.1 Å². The zero-order chi connectivity index (χ0) is 24.6. The maximum atomic E-state index is 13.3. The van der Waals surface area contributed by atoms with Crippen molar-refractivity contribution in [3.63, 3.8) is 0 Å². The number of carbonyl (C=O) groups excluding carboxylic acids is 4. The normalized spacial score (nSPS) is 10.8. The van der Waals surface area contributed by atoms with Gasteiger partial charge >= 0.3 is 17.9 Å². The molecule has 0 saturated heterocycles. The predicted octanol–water partition coefficient (Wildman–Crippen LogP) is 4.16. The largest absolute Gasteiger partial charge is 0.464 e. The molecule has 4 aromatic rings. The third-order valence-electron chi connectivity index (χ3n) is 5.01. The number of aryl methyl sites for hydroxylation is 1. The molecule has 34 heavy (non-hydrogen) atoms. The number of methoxy groups -OCH3 is 1. The van der Waals surface area contributed by atoms with Crippen LogP contribution in [0, 0.1) is 6.92 Å². The Morgan fingerprint density at radius 1 is 0.912 bits per heavy atom. The van der Waals surface area contributed by atoms with E-state index >= 15 is 0 Å². The highest BCUT2D eigenvalue weighted by molar-refractivity contribution is 6.21. The van der Waals surface area contributed by atoms with Crippen molar-refractivity contribution in [1.82, 2.24) is 4.98 Å². The molecule has 2 aromatic heterocycles. The lowest BCUT2D eigenvalue weighted by molar-refractivity contribution is -0.132. The summed E-state index contributed by atoms with van der Waals surface area (Å²) in [6.45, 7) is 4.01. The van der Waals surface area contributed by atoms with E-state index < -0.39 is 17.9 Å². The number of rotatable bonds is 5. The summed E-state index contributed by atoms with van der Waals surface area (Å²) in [4.78, 5) is 53.5. The first-order valence-electron chi connectivity index (χ1n) is 10.2. The average molecular weight is 461 g/mol. The fraction of sp³-hybridized carbons (Fsp3) is 0.160. The second kappa shape index (κ2) is 8.78. The molecule has 9 heteroatoms. The van der Waals surface area contributed by atoms with Crippen LogP contribution in [0.4, 0.5) is 0 Å². The molecule has 0 N–H and O–H groups in total. The van der Waals surface area contributed by atoms with Crippen LogP contribution in [-0.2, 0) is 14.3 Å². The van der Waals surface area contributed by atoms with Crippen molar-refractivity contribution in [3.05, 3.63) is 65.0 Å². The molecule has 2 aromatic carbocycles. The third-order valence-corrected chi connectivity index (χ3v) is 5.01. The van der Waals surface area contributed by atoms with Crippen LogP contribution in [0.15, 0.2) is 46.9 Å². The Morgan fingerprint density at radius 2 is 1.56 bits per heavy atom. The van der Waals surface area contributed by atoms with Crippen molar-refractivity contribution in [2.75, 3.05) is 7.11 Å². The standard InChI is InChI=1S/C25H19NO8/c1-12-20(23(29)15-8-6-5-7-9-15)16-10-19(34-14(3)28)22-21(24(16)32-12)18(33-13(2)27)11-17(26-22)25(30)31-4/h5-11H,1-4H3. The van der Waals surface area contributed by atoms with Crippen molar-refractivity contribution in [3.8, 4) is 11.5 Å². The minimum absolute atomic E-state index is 0.0225. The molecule has 0 amide bonds. The van der Waals surface area contributed by atoms with Gasteiger partial charge in [0.05, 0.1) is 18.1 Å². The van der Waals surface area contributed by atoms with Crippen LogP contribution in [0.2, 0.25) is 0 Å². The monoisotopic (exact) mass is 461 g/mol. The number of fused-ring (bicyclic) bond motifs is 3. The van der Waals surface area contributed by atoms with Crippen LogP contribution in [0.3, 0.4) is 0 Å². The van der Waals surface area contributed by atoms with Crippen molar-refractivity contribution in [2.45, 2.75) is 20.8 Å². The molecule has 9 nitrogen and oxygen atoms in total. The van der Waals surface area contributed by atoms with Gasteiger partial charge in [0.25, 0.3) is 0 Å². The van der Waals surface area contributed by atoms with E-state index in [1.54, 1.807) is 37.3 Å². The highest BCUT2D eigenvalue weighted by Crippen LogP contribution is 2.42. The number of esters is 3. The smallest absolute Gasteiger partial charge is 0.356 e. The number of nitrogens with zero attached hydrogens (tertiary/aromatic N) is 1. The van der Waals surface area contributed by atoms with Crippen molar-refractivity contribution in [1.29, 1.82) is 0 Å².